The number of nitrogens with zero attached hydrogens (tertiary/aromatic N) is 1. The van der Waals surface area contributed by atoms with Gasteiger partial charge in [-0.2, -0.15) is 5.10 Å². The van der Waals surface area contributed by atoms with E-state index in [4.69, 9.17) is 21.4 Å². The zero-order valence-corrected chi connectivity index (χ0v) is 11.5. The van der Waals surface area contributed by atoms with Crippen LogP contribution in [0.5, 0.6) is 5.75 Å². The van der Waals surface area contributed by atoms with Crippen LogP contribution in [0.25, 0.3) is 11.3 Å². The van der Waals surface area contributed by atoms with Crippen molar-refractivity contribution in [3.05, 3.63) is 33.4 Å². The van der Waals surface area contributed by atoms with Gasteiger partial charge in [-0.3, -0.25) is 5.10 Å². The molecule has 0 unspecified atom stereocenters. The van der Waals surface area contributed by atoms with Gasteiger partial charge in [0.25, 0.3) is 0 Å². The Balaban J connectivity index is 2.52. The molecule has 5 nitrogen and oxygen atoms in total. The summed E-state index contributed by atoms with van der Waals surface area (Å²) < 4.78 is 5.40. The molecule has 1 heterocycles. The summed E-state index contributed by atoms with van der Waals surface area (Å²) in [4.78, 5) is 10.9. The quantitative estimate of drug-likeness (QED) is 0.905. The Bertz CT molecular complexity index is 612. The number of aromatic carboxylic acids is 1. The fourth-order valence-corrected chi connectivity index (χ4v) is 2.28. The van der Waals surface area contributed by atoms with Crippen LogP contribution in [0.3, 0.4) is 0 Å². The van der Waals surface area contributed by atoms with E-state index in [-0.39, 0.29) is 5.69 Å². The summed E-state index contributed by atoms with van der Waals surface area (Å²) in [6, 6.07) is 5.08. The lowest BCUT2D eigenvalue weighted by atomic mass is 10.1. The predicted octanol–water partition coefficient (Wildman–Crippen LogP) is 3.20. The highest BCUT2D eigenvalue weighted by Crippen LogP contribution is 2.35. The SMILES string of the molecule is COc1ccc(-c2n[nH]c(C(=O)O)c2Br)c(Cl)c1. The van der Waals surface area contributed by atoms with Crippen LogP contribution in [0.4, 0.5) is 0 Å². The average molecular weight is 332 g/mol. The number of hydrogen-bond donors (Lipinski definition) is 2. The van der Waals surface area contributed by atoms with E-state index in [0.29, 0.717) is 26.5 Å². The largest absolute Gasteiger partial charge is 0.497 e. The third-order valence-corrected chi connectivity index (χ3v) is 3.44. The van der Waals surface area contributed by atoms with Gasteiger partial charge in [0.2, 0.25) is 0 Å². The molecule has 94 valence electrons. The van der Waals surface area contributed by atoms with Crippen molar-refractivity contribution in [2.24, 2.45) is 0 Å². The van der Waals surface area contributed by atoms with E-state index in [1.165, 1.54) is 0 Å². The number of carbonyl (C=O) groups is 1. The molecule has 1 aromatic heterocycles. The fraction of sp³-hybridized carbons (Fsp3) is 0.0909. The first-order chi connectivity index (χ1) is 8.54. The van der Waals surface area contributed by atoms with Crippen molar-refractivity contribution in [1.82, 2.24) is 10.2 Å². The van der Waals surface area contributed by atoms with E-state index in [2.05, 4.69) is 26.1 Å². The summed E-state index contributed by atoms with van der Waals surface area (Å²) in [7, 11) is 1.54. The molecular formula is C11H8BrClN2O3. The number of carboxylic acids is 1. The highest BCUT2D eigenvalue weighted by atomic mass is 79.9. The molecule has 2 rings (SSSR count). The van der Waals surface area contributed by atoms with Crippen LogP contribution in [-0.4, -0.2) is 28.4 Å². The first kappa shape index (κ1) is 12.9. The molecule has 1 aromatic carbocycles. The number of benzene rings is 1. The molecule has 7 heteroatoms. The maximum Gasteiger partial charge on any atom is 0.355 e. The van der Waals surface area contributed by atoms with Gasteiger partial charge < -0.3 is 9.84 Å². The third kappa shape index (κ3) is 2.21. The van der Waals surface area contributed by atoms with Crippen LogP contribution in [0.1, 0.15) is 10.5 Å². The summed E-state index contributed by atoms with van der Waals surface area (Å²) in [6.07, 6.45) is 0. The third-order valence-electron chi connectivity index (χ3n) is 2.35. The van der Waals surface area contributed by atoms with E-state index in [1.807, 2.05) is 0 Å². The normalized spacial score (nSPS) is 10.4. The molecule has 2 aromatic rings. The first-order valence-electron chi connectivity index (χ1n) is 4.85. The minimum Gasteiger partial charge on any atom is -0.497 e. The molecule has 18 heavy (non-hydrogen) atoms. The molecular weight excluding hydrogens is 323 g/mol. The molecule has 0 fully saturated rings. The molecule has 0 saturated heterocycles. The molecule has 0 amide bonds. The van der Waals surface area contributed by atoms with E-state index in [0.717, 1.165) is 0 Å². The maximum absolute atomic E-state index is 10.9. The van der Waals surface area contributed by atoms with Gasteiger partial charge in [-0.1, -0.05) is 11.6 Å². The van der Waals surface area contributed by atoms with Crippen LogP contribution >= 0.6 is 27.5 Å². The number of halogens is 2. The minimum absolute atomic E-state index is 0.0168. The number of methoxy groups -OCH3 is 1. The van der Waals surface area contributed by atoms with Gasteiger partial charge >= 0.3 is 5.97 Å². The van der Waals surface area contributed by atoms with E-state index in [1.54, 1.807) is 25.3 Å². The molecule has 2 N–H and O–H groups in total. The molecule has 0 atom stereocenters. The molecule has 0 saturated carbocycles. The van der Waals surface area contributed by atoms with Crippen molar-refractivity contribution in [2.75, 3.05) is 7.11 Å². The standard InChI is InChI=1S/C11H8BrClN2O3/c1-18-5-2-3-6(7(13)4-5)9-8(12)10(11(16)17)15-14-9/h2-4H,1H3,(H,14,15)(H,16,17). The number of nitrogens with one attached hydrogen (secondary N) is 1. The van der Waals surface area contributed by atoms with Crippen molar-refractivity contribution >= 4 is 33.5 Å². The summed E-state index contributed by atoms with van der Waals surface area (Å²) in [5.41, 5.74) is 1.05. The highest BCUT2D eigenvalue weighted by Gasteiger charge is 2.19. The smallest absolute Gasteiger partial charge is 0.355 e. The number of ether oxygens (including phenoxy) is 1. The molecule has 0 aliphatic carbocycles. The number of rotatable bonds is 3. The van der Waals surface area contributed by atoms with Gasteiger partial charge in [0.15, 0.2) is 5.69 Å². The average Bonchev–Trinajstić information content (AvgIpc) is 2.71. The molecule has 0 spiro atoms. The van der Waals surface area contributed by atoms with Crippen molar-refractivity contribution in [3.63, 3.8) is 0 Å². The van der Waals surface area contributed by atoms with Crippen molar-refractivity contribution in [3.8, 4) is 17.0 Å². The second-order valence-corrected chi connectivity index (χ2v) is 4.61. The zero-order valence-electron chi connectivity index (χ0n) is 9.20. The number of H-pyrrole nitrogens is 1. The van der Waals surface area contributed by atoms with Gasteiger partial charge in [-0.15, -0.1) is 0 Å². The summed E-state index contributed by atoms with van der Waals surface area (Å²) in [5.74, 6) is -0.473. The maximum atomic E-state index is 10.9. The van der Waals surface area contributed by atoms with Crippen LogP contribution in [-0.2, 0) is 0 Å². The minimum atomic E-state index is -1.09. The van der Waals surface area contributed by atoms with Crippen LogP contribution in [0.15, 0.2) is 22.7 Å². The Morgan fingerprint density at radius 3 is 2.78 bits per heavy atom. The van der Waals surface area contributed by atoms with Gasteiger partial charge in [0.1, 0.15) is 11.4 Å². The van der Waals surface area contributed by atoms with Crippen molar-refractivity contribution in [2.45, 2.75) is 0 Å². The van der Waals surface area contributed by atoms with Crippen LogP contribution < -0.4 is 4.74 Å². The summed E-state index contributed by atoms with van der Waals surface area (Å²) in [5, 5.41) is 15.7. The lowest BCUT2D eigenvalue weighted by Crippen LogP contribution is -1.96. The van der Waals surface area contributed by atoms with E-state index < -0.39 is 5.97 Å². The van der Waals surface area contributed by atoms with Gasteiger partial charge in [-0.05, 0) is 34.1 Å². The highest BCUT2D eigenvalue weighted by molar-refractivity contribution is 9.10. The van der Waals surface area contributed by atoms with Gasteiger partial charge in [-0.25, -0.2) is 4.79 Å². The Labute approximate surface area is 116 Å². The van der Waals surface area contributed by atoms with Gasteiger partial charge in [0, 0.05) is 5.56 Å². The first-order valence-corrected chi connectivity index (χ1v) is 6.02. The van der Waals surface area contributed by atoms with E-state index >= 15 is 0 Å². The molecule has 0 bridgehead atoms. The number of carboxylic acid groups (broad SMARTS) is 1. The molecule has 0 aliphatic heterocycles. The number of aromatic amines is 1. The number of hydrogen-bond acceptors (Lipinski definition) is 3. The molecule has 0 radical (unpaired) electrons. The lowest BCUT2D eigenvalue weighted by molar-refractivity contribution is 0.0689. The molecule has 0 aliphatic rings. The summed E-state index contributed by atoms with van der Waals surface area (Å²) >= 11 is 9.30. The van der Waals surface area contributed by atoms with Gasteiger partial charge in [0.05, 0.1) is 16.6 Å². The van der Waals surface area contributed by atoms with Crippen LogP contribution in [0, 0.1) is 0 Å². The Hall–Kier alpha value is -1.53. The second-order valence-electron chi connectivity index (χ2n) is 3.41. The van der Waals surface area contributed by atoms with E-state index in [9.17, 15) is 4.79 Å². The summed E-state index contributed by atoms with van der Waals surface area (Å²) in [6.45, 7) is 0. The fourth-order valence-electron chi connectivity index (χ4n) is 1.46. The Kier molecular flexibility index (Phi) is 3.58. The predicted molar refractivity (Wildman–Crippen MR) is 70.2 cm³/mol. The number of aromatic nitrogens is 2. The Morgan fingerprint density at radius 2 is 2.28 bits per heavy atom. The van der Waals surface area contributed by atoms with Crippen LogP contribution in [0.2, 0.25) is 5.02 Å². The monoisotopic (exact) mass is 330 g/mol. The zero-order chi connectivity index (χ0) is 13.3. The topological polar surface area (TPSA) is 75.2 Å². The van der Waals surface area contributed by atoms with Crippen molar-refractivity contribution < 1.29 is 14.6 Å². The van der Waals surface area contributed by atoms with Crippen molar-refractivity contribution in [1.29, 1.82) is 0 Å². The lowest BCUT2D eigenvalue weighted by Gasteiger charge is -2.04. The second kappa shape index (κ2) is 4.99. The Morgan fingerprint density at radius 1 is 1.56 bits per heavy atom.